The number of piperidine rings is 1. The van der Waals surface area contributed by atoms with Crippen molar-refractivity contribution in [1.82, 2.24) is 4.90 Å². The zero-order valence-electron chi connectivity index (χ0n) is 9.17. The smallest absolute Gasteiger partial charge is 0.136 e. The molecule has 2 nitrogen and oxygen atoms in total. The number of ketones is 1. The van der Waals surface area contributed by atoms with Gasteiger partial charge in [0.1, 0.15) is 5.78 Å². The van der Waals surface area contributed by atoms with E-state index in [2.05, 4.69) is 41.3 Å². The summed E-state index contributed by atoms with van der Waals surface area (Å²) in [5.41, 5.74) is 1.33. The summed E-state index contributed by atoms with van der Waals surface area (Å²) in [6, 6.07) is 11.2. The van der Waals surface area contributed by atoms with Gasteiger partial charge in [0.05, 0.1) is 0 Å². The maximum Gasteiger partial charge on any atom is 0.136 e. The van der Waals surface area contributed by atoms with Gasteiger partial charge < -0.3 is 0 Å². The molecule has 1 saturated heterocycles. The zero-order chi connectivity index (χ0) is 11.0. The summed E-state index contributed by atoms with van der Waals surface area (Å²) in [4.78, 5) is 13.9. The number of hydrogen-bond donors (Lipinski definition) is 0. The van der Waals surface area contributed by atoms with Crippen molar-refractivity contribution in [2.75, 3.05) is 0 Å². The molecule has 2 atom stereocenters. The monoisotopic (exact) mass is 213 g/mol. The van der Waals surface area contributed by atoms with Crippen LogP contribution in [-0.4, -0.2) is 22.8 Å². The first-order valence-electron chi connectivity index (χ1n) is 5.82. The second kappa shape index (κ2) is 3.87. The van der Waals surface area contributed by atoms with Crippen molar-refractivity contribution in [3.63, 3.8) is 0 Å². The molecule has 2 aliphatic heterocycles. The molecular formula is C14H15NO. The van der Waals surface area contributed by atoms with Gasteiger partial charge in [-0.3, -0.25) is 9.69 Å². The number of Topliss-reactive ketones (excluding diaryl/α,β-unsaturated/α-hetero) is 1. The van der Waals surface area contributed by atoms with Gasteiger partial charge in [0.15, 0.2) is 0 Å². The molecule has 0 aromatic heterocycles. The number of hydrogen-bond acceptors (Lipinski definition) is 2. The quantitative estimate of drug-likeness (QED) is 0.702. The van der Waals surface area contributed by atoms with Crippen LogP contribution < -0.4 is 0 Å². The molecule has 2 heterocycles. The van der Waals surface area contributed by atoms with Gasteiger partial charge in [-0.25, -0.2) is 0 Å². The average Bonchev–Trinajstić information content (AvgIpc) is 2.54. The van der Waals surface area contributed by atoms with Crippen LogP contribution in [0.1, 0.15) is 18.4 Å². The summed E-state index contributed by atoms with van der Waals surface area (Å²) >= 11 is 0. The number of rotatable bonds is 2. The molecule has 0 amide bonds. The van der Waals surface area contributed by atoms with E-state index in [1.165, 1.54) is 5.56 Å². The Kier molecular flexibility index (Phi) is 2.37. The second-order valence-electron chi connectivity index (χ2n) is 4.62. The van der Waals surface area contributed by atoms with E-state index >= 15 is 0 Å². The van der Waals surface area contributed by atoms with E-state index in [-0.39, 0.29) is 0 Å². The molecule has 1 aromatic carbocycles. The first kappa shape index (κ1) is 9.79. The largest absolute Gasteiger partial charge is 0.300 e. The van der Waals surface area contributed by atoms with Crippen LogP contribution in [0.5, 0.6) is 0 Å². The Balaban J connectivity index is 1.76. The molecule has 0 saturated carbocycles. The van der Waals surface area contributed by atoms with Gasteiger partial charge in [0, 0.05) is 31.5 Å². The molecule has 0 radical (unpaired) electrons. The lowest BCUT2D eigenvalue weighted by Crippen LogP contribution is -2.43. The minimum absolute atomic E-state index is 0.339. The summed E-state index contributed by atoms with van der Waals surface area (Å²) in [6.07, 6.45) is 5.77. The first-order chi connectivity index (χ1) is 7.83. The maximum atomic E-state index is 11.5. The van der Waals surface area contributed by atoms with Crippen molar-refractivity contribution in [2.45, 2.75) is 31.5 Å². The Hall–Kier alpha value is -1.41. The van der Waals surface area contributed by atoms with Gasteiger partial charge in [0.25, 0.3) is 0 Å². The van der Waals surface area contributed by atoms with Crippen LogP contribution in [0.3, 0.4) is 0 Å². The number of carbonyl (C=O) groups excluding carboxylic acids is 1. The summed E-state index contributed by atoms with van der Waals surface area (Å²) in [5.74, 6) is 0.407. The summed E-state index contributed by atoms with van der Waals surface area (Å²) < 4.78 is 0. The Morgan fingerprint density at radius 2 is 1.69 bits per heavy atom. The third-order valence-corrected chi connectivity index (χ3v) is 3.49. The fourth-order valence-corrected chi connectivity index (χ4v) is 2.67. The fourth-order valence-electron chi connectivity index (χ4n) is 2.67. The van der Waals surface area contributed by atoms with Gasteiger partial charge in [-0.15, -0.1) is 0 Å². The van der Waals surface area contributed by atoms with Crippen molar-refractivity contribution < 1.29 is 4.79 Å². The Labute approximate surface area is 95.6 Å². The van der Waals surface area contributed by atoms with Crippen molar-refractivity contribution in [2.24, 2.45) is 0 Å². The van der Waals surface area contributed by atoms with E-state index in [9.17, 15) is 4.79 Å². The van der Waals surface area contributed by atoms with Crippen LogP contribution in [0.4, 0.5) is 0 Å². The second-order valence-corrected chi connectivity index (χ2v) is 4.62. The van der Waals surface area contributed by atoms with Gasteiger partial charge in [-0.05, 0) is 5.56 Å². The lowest BCUT2D eigenvalue weighted by atomic mass is 9.99. The lowest BCUT2D eigenvalue weighted by molar-refractivity contribution is -0.123. The normalized spacial score (nSPS) is 28.6. The van der Waals surface area contributed by atoms with Gasteiger partial charge in [-0.2, -0.15) is 0 Å². The third kappa shape index (κ3) is 1.69. The molecular weight excluding hydrogens is 198 g/mol. The number of carbonyl (C=O) groups is 1. The van der Waals surface area contributed by atoms with Gasteiger partial charge in [0.2, 0.25) is 0 Å². The molecule has 2 heteroatoms. The van der Waals surface area contributed by atoms with E-state index in [0.29, 0.717) is 30.7 Å². The van der Waals surface area contributed by atoms with E-state index < -0.39 is 0 Å². The molecule has 16 heavy (non-hydrogen) atoms. The van der Waals surface area contributed by atoms with Crippen LogP contribution in [0.15, 0.2) is 42.5 Å². The van der Waals surface area contributed by atoms with Crippen molar-refractivity contribution in [3.05, 3.63) is 48.0 Å². The van der Waals surface area contributed by atoms with Crippen LogP contribution in [0.25, 0.3) is 0 Å². The minimum Gasteiger partial charge on any atom is -0.300 e. The standard InChI is InChI=1S/C14H15NO/c16-14-8-12-6-7-13(9-14)15(12)10-11-4-2-1-3-5-11/h1-7,12-13H,8-10H2. The molecule has 1 fully saturated rings. The molecule has 2 bridgehead atoms. The summed E-state index contributed by atoms with van der Waals surface area (Å²) in [7, 11) is 0. The maximum absolute atomic E-state index is 11.5. The lowest BCUT2D eigenvalue weighted by Gasteiger charge is -2.34. The van der Waals surface area contributed by atoms with Crippen molar-refractivity contribution >= 4 is 5.78 Å². The van der Waals surface area contributed by atoms with Crippen molar-refractivity contribution in [1.29, 1.82) is 0 Å². The Morgan fingerprint density at radius 3 is 2.31 bits per heavy atom. The van der Waals surface area contributed by atoms with E-state index in [1.54, 1.807) is 0 Å². The highest BCUT2D eigenvalue weighted by Gasteiger charge is 2.35. The molecule has 0 aliphatic carbocycles. The Morgan fingerprint density at radius 1 is 1.06 bits per heavy atom. The molecule has 3 rings (SSSR count). The molecule has 0 N–H and O–H groups in total. The molecule has 2 aliphatic rings. The summed E-state index contributed by atoms with van der Waals surface area (Å²) in [6.45, 7) is 0.955. The highest BCUT2D eigenvalue weighted by molar-refractivity contribution is 5.81. The van der Waals surface area contributed by atoms with Crippen LogP contribution >= 0.6 is 0 Å². The molecule has 82 valence electrons. The molecule has 1 aromatic rings. The zero-order valence-corrected chi connectivity index (χ0v) is 9.17. The first-order valence-corrected chi connectivity index (χ1v) is 5.82. The average molecular weight is 213 g/mol. The van der Waals surface area contributed by atoms with E-state index in [4.69, 9.17) is 0 Å². The number of fused-ring (bicyclic) bond motifs is 2. The van der Waals surface area contributed by atoms with Crippen LogP contribution in [-0.2, 0) is 11.3 Å². The minimum atomic E-state index is 0.339. The van der Waals surface area contributed by atoms with Crippen LogP contribution in [0, 0.1) is 0 Å². The predicted molar refractivity (Wildman–Crippen MR) is 62.9 cm³/mol. The summed E-state index contributed by atoms with van der Waals surface area (Å²) in [5, 5.41) is 0. The highest BCUT2D eigenvalue weighted by atomic mass is 16.1. The third-order valence-electron chi connectivity index (χ3n) is 3.49. The van der Waals surface area contributed by atoms with Crippen molar-refractivity contribution in [3.8, 4) is 0 Å². The number of benzene rings is 1. The molecule has 2 unspecified atom stereocenters. The highest BCUT2D eigenvalue weighted by Crippen LogP contribution is 2.29. The van der Waals surface area contributed by atoms with Crippen LogP contribution in [0.2, 0.25) is 0 Å². The van der Waals surface area contributed by atoms with Gasteiger partial charge >= 0.3 is 0 Å². The Bertz CT molecular complexity index is 406. The van der Waals surface area contributed by atoms with Gasteiger partial charge in [-0.1, -0.05) is 42.5 Å². The number of nitrogens with zero attached hydrogens (tertiary/aromatic N) is 1. The SMILES string of the molecule is O=C1CC2C=CC(C1)N2Cc1ccccc1. The topological polar surface area (TPSA) is 20.3 Å². The fraction of sp³-hybridized carbons (Fsp3) is 0.357. The van der Waals surface area contributed by atoms with E-state index in [1.807, 2.05) is 6.07 Å². The van der Waals surface area contributed by atoms with E-state index in [0.717, 1.165) is 6.54 Å². The molecule has 0 spiro atoms. The predicted octanol–water partition coefficient (Wildman–Crippen LogP) is 2.16.